The molecule has 1 fully saturated rings. The summed E-state index contributed by atoms with van der Waals surface area (Å²) in [6.07, 6.45) is 2.65. The molecule has 102 valence electrons. The molecule has 0 N–H and O–H groups in total. The molecule has 0 bridgehead atoms. The van der Waals surface area contributed by atoms with Crippen molar-refractivity contribution in [1.29, 1.82) is 0 Å². The van der Waals surface area contributed by atoms with Gasteiger partial charge in [0.1, 0.15) is 5.82 Å². The molecule has 1 aromatic rings. The zero-order valence-corrected chi connectivity index (χ0v) is 11.6. The molecule has 0 saturated carbocycles. The second kappa shape index (κ2) is 5.53. The van der Waals surface area contributed by atoms with Gasteiger partial charge in [-0.25, -0.2) is 9.40 Å². The van der Waals surface area contributed by atoms with Crippen LogP contribution in [0.5, 0.6) is 0 Å². The standard InChI is InChI=1S/C15H19FN2O/c1-4-12-9-10-17(3)18(15(12)19)11(2)13-5-7-14(16)8-6-13/h4-8,11H,9-10H2,1-3H3. The quantitative estimate of drug-likeness (QED) is 0.765. The molecular weight excluding hydrogens is 243 g/mol. The molecule has 3 nitrogen and oxygen atoms in total. The van der Waals surface area contributed by atoms with Crippen LogP contribution in [0.2, 0.25) is 0 Å². The molecule has 0 spiro atoms. The summed E-state index contributed by atoms with van der Waals surface area (Å²) in [6, 6.07) is 6.21. The van der Waals surface area contributed by atoms with E-state index in [1.807, 2.05) is 32.0 Å². The molecule has 1 unspecified atom stereocenters. The van der Waals surface area contributed by atoms with Gasteiger partial charge in [-0.1, -0.05) is 18.2 Å². The summed E-state index contributed by atoms with van der Waals surface area (Å²) in [6.45, 7) is 4.66. The number of hydrazine groups is 1. The first-order valence-electron chi connectivity index (χ1n) is 6.50. The van der Waals surface area contributed by atoms with E-state index in [1.54, 1.807) is 17.1 Å². The highest BCUT2D eigenvalue weighted by Gasteiger charge is 2.31. The zero-order chi connectivity index (χ0) is 14.0. The molecule has 2 rings (SSSR count). The molecule has 0 radical (unpaired) electrons. The predicted molar refractivity (Wildman–Crippen MR) is 72.7 cm³/mol. The molecule has 0 aliphatic carbocycles. The van der Waals surface area contributed by atoms with Gasteiger partial charge in [-0.2, -0.15) is 0 Å². The lowest BCUT2D eigenvalue weighted by molar-refractivity contribution is -0.151. The highest BCUT2D eigenvalue weighted by Crippen LogP contribution is 2.27. The second-order valence-corrected chi connectivity index (χ2v) is 4.82. The first kappa shape index (κ1) is 13.7. The van der Waals surface area contributed by atoms with Crippen molar-refractivity contribution in [2.75, 3.05) is 13.6 Å². The summed E-state index contributed by atoms with van der Waals surface area (Å²) in [5, 5.41) is 3.68. The third kappa shape index (κ3) is 2.68. The molecule has 19 heavy (non-hydrogen) atoms. The fourth-order valence-corrected chi connectivity index (χ4v) is 2.42. The van der Waals surface area contributed by atoms with Crippen molar-refractivity contribution in [1.82, 2.24) is 10.0 Å². The number of hydrogen-bond acceptors (Lipinski definition) is 2. The smallest absolute Gasteiger partial charge is 0.264 e. The number of carbonyl (C=O) groups is 1. The zero-order valence-electron chi connectivity index (χ0n) is 11.6. The minimum absolute atomic E-state index is 0.0353. The van der Waals surface area contributed by atoms with E-state index in [2.05, 4.69) is 0 Å². The minimum atomic E-state index is -0.261. The van der Waals surface area contributed by atoms with E-state index in [1.165, 1.54) is 12.1 Å². The lowest BCUT2D eigenvalue weighted by Crippen LogP contribution is -2.50. The summed E-state index contributed by atoms with van der Waals surface area (Å²) in [7, 11) is 1.91. The van der Waals surface area contributed by atoms with Crippen molar-refractivity contribution in [3.63, 3.8) is 0 Å². The van der Waals surface area contributed by atoms with Crippen LogP contribution in [0.15, 0.2) is 35.9 Å². The minimum Gasteiger partial charge on any atom is -0.268 e. The fraction of sp³-hybridized carbons (Fsp3) is 0.400. The van der Waals surface area contributed by atoms with Gasteiger partial charge in [0, 0.05) is 19.2 Å². The average molecular weight is 262 g/mol. The monoisotopic (exact) mass is 262 g/mol. The maximum atomic E-state index is 13.0. The van der Waals surface area contributed by atoms with Crippen molar-refractivity contribution in [2.45, 2.75) is 26.3 Å². The number of allylic oxidation sites excluding steroid dienone is 1. The van der Waals surface area contributed by atoms with Crippen molar-refractivity contribution < 1.29 is 9.18 Å². The Hall–Kier alpha value is -1.68. The normalized spacial score (nSPS) is 20.9. The Morgan fingerprint density at radius 2 is 1.95 bits per heavy atom. The van der Waals surface area contributed by atoms with E-state index in [-0.39, 0.29) is 17.8 Å². The number of halogens is 1. The third-order valence-electron chi connectivity index (χ3n) is 3.62. The first-order valence-corrected chi connectivity index (χ1v) is 6.50. The lowest BCUT2D eigenvalue weighted by Gasteiger charge is -2.41. The van der Waals surface area contributed by atoms with Crippen LogP contribution in [-0.4, -0.2) is 29.5 Å². The molecule has 0 aromatic heterocycles. The number of hydrogen-bond donors (Lipinski definition) is 0. The van der Waals surface area contributed by atoms with Crippen LogP contribution in [0.1, 0.15) is 31.9 Å². The van der Waals surface area contributed by atoms with E-state index >= 15 is 0 Å². The van der Waals surface area contributed by atoms with Gasteiger partial charge in [0.25, 0.3) is 5.91 Å². The molecule has 1 amide bonds. The first-order chi connectivity index (χ1) is 9.04. The van der Waals surface area contributed by atoms with Crippen LogP contribution < -0.4 is 0 Å². The van der Waals surface area contributed by atoms with Crippen molar-refractivity contribution >= 4 is 5.91 Å². The van der Waals surface area contributed by atoms with Crippen molar-refractivity contribution in [3.8, 4) is 0 Å². The van der Waals surface area contributed by atoms with E-state index < -0.39 is 0 Å². The van der Waals surface area contributed by atoms with Crippen LogP contribution in [0.3, 0.4) is 0 Å². The summed E-state index contributed by atoms with van der Waals surface area (Å²) < 4.78 is 13.0. The Morgan fingerprint density at radius 1 is 1.32 bits per heavy atom. The Balaban J connectivity index is 2.27. The maximum absolute atomic E-state index is 13.0. The van der Waals surface area contributed by atoms with Crippen LogP contribution in [0, 0.1) is 5.82 Å². The van der Waals surface area contributed by atoms with E-state index in [9.17, 15) is 9.18 Å². The van der Waals surface area contributed by atoms with Crippen LogP contribution in [0.4, 0.5) is 4.39 Å². The summed E-state index contributed by atoms with van der Waals surface area (Å²) in [4.78, 5) is 12.4. The summed E-state index contributed by atoms with van der Waals surface area (Å²) in [5.41, 5.74) is 1.77. The molecule has 4 heteroatoms. The van der Waals surface area contributed by atoms with E-state index in [0.29, 0.717) is 0 Å². The van der Waals surface area contributed by atoms with Crippen LogP contribution in [0.25, 0.3) is 0 Å². The molecule has 1 aromatic carbocycles. The Morgan fingerprint density at radius 3 is 2.53 bits per heavy atom. The molecule has 1 atom stereocenters. The van der Waals surface area contributed by atoms with Crippen molar-refractivity contribution in [3.05, 3.63) is 47.3 Å². The lowest BCUT2D eigenvalue weighted by atomic mass is 10.0. The van der Waals surface area contributed by atoms with Crippen LogP contribution >= 0.6 is 0 Å². The van der Waals surface area contributed by atoms with Gasteiger partial charge in [-0.3, -0.25) is 9.80 Å². The Labute approximate surface area is 113 Å². The fourth-order valence-electron chi connectivity index (χ4n) is 2.42. The Bertz CT molecular complexity index is 495. The number of nitrogens with zero attached hydrogens (tertiary/aromatic N) is 2. The average Bonchev–Trinajstić information content (AvgIpc) is 2.39. The topological polar surface area (TPSA) is 23.6 Å². The van der Waals surface area contributed by atoms with Gasteiger partial charge >= 0.3 is 0 Å². The highest BCUT2D eigenvalue weighted by molar-refractivity contribution is 5.94. The van der Waals surface area contributed by atoms with Crippen molar-refractivity contribution in [2.24, 2.45) is 0 Å². The van der Waals surface area contributed by atoms with E-state index in [4.69, 9.17) is 0 Å². The number of rotatable bonds is 2. The SMILES string of the molecule is CC=C1CCN(C)N(C(C)c2ccc(F)cc2)C1=O. The van der Waals surface area contributed by atoms with Gasteiger partial charge in [0.2, 0.25) is 0 Å². The molecule has 1 aliphatic rings. The third-order valence-corrected chi connectivity index (χ3v) is 3.62. The highest BCUT2D eigenvalue weighted by atomic mass is 19.1. The van der Waals surface area contributed by atoms with Gasteiger partial charge in [0.15, 0.2) is 0 Å². The molecule has 1 aliphatic heterocycles. The number of carbonyl (C=O) groups excluding carboxylic acids is 1. The largest absolute Gasteiger partial charge is 0.268 e. The van der Waals surface area contributed by atoms with Gasteiger partial charge in [0.05, 0.1) is 6.04 Å². The molecule has 1 saturated heterocycles. The number of benzene rings is 1. The van der Waals surface area contributed by atoms with Gasteiger partial charge in [-0.05, 0) is 38.0 Å². The second-order valence-electron chi connectivity index (χ2n) is 4.82. The summed E-state index contributed by atoms with van der Waals surface area (Å²) >= 11 is 0. The molecular formula is C15H19FN2O. The predicted octanol–water partition coefficient (Wildman–Crippen LogP) is 2.91. The summed E-state index contributed by atoms with van der Waals surface area (Å²) in [5.74, 6) is -0.225. The van der Waals surface area contributed by atoms with E-state index in [0.717, 1.165) is 24.1 Å². The van der Waals surface area contributed by atoms with Gasteiger partial charge in [-0.15, -0.1) is 0 Å². The Kier molecular flexibility index (Phi) is 4.00. The van der Waals surface area contributed by atoms with Gasteiger partial charge < -0.3 is 0 Å². The van der Waals surface area contributed by atoms with Crippen LogP contribution in [-0.2, 0) is 4.79 Å². The number of amides is 1. The maximum Gasteiger partial charge on any atom is 0.264 e. The molecule has 1 heterocycles.